The molecule has 0 saturated carbocycles. The number of halogens is 4. The fourth-order valence-corrected chi connectivity index (χ4v) is 2.84. The summed E-state index contributed by atoms with van der Waals surface area (Å²) < 4.78 is 43.6. The number of piperazine rings is 1. The number of ether oxygens (including phenoxy) is 1. The smallest absolute Gasteiger partial charge is 0.383 e. The summed E-state index contributed by atoms with van der Waals surface area (Å²) in [4.78, 5) is 10.4. The molecule has 162 valence electrons. The molecule has 10 heteroatoms. The first-order valence-corrected chi connectivity index (χ1v) is 9.31. The highest BCUT2D eigenvalue weighted by Gasteiger charge is 2.41. The minimum absolute atomic E-state index is 0. The van der Waals surface area contributed by atoms with Crippen LogP contribution in [0.1, 0.15) is 20.3 Å². The summed E-state index contributed by atoms with van der Waals surface area (Å²) in [5, 5.41) is 3.25. The molecule has 1 aliphatic heterocycles. The summed E-state index contributed by atoms with van der Waals surface area (Å²) in [6, 6.07) is -1.40. The van der Waals surface area contributed by atoms with Crippen molar-refractivity contribution in [3.05, 3.63) is 0 Å². The summed E-state index contributed by atoms with van der Waals surface area (Å²) in [7, 11) is 3.74. The van der Waals surface area contributed by atoms with E-state index in [4.69, 9.17) is 4.74 Å². The molecule has 1 heterocycles. The van der Waals surface area contributed by atoms with Gasteiger partial charge in [-0.3, -0.25) is 9.89 Å². The van der Waals surface area contributed by atoms with Crippen molar-refractivity contribution < 1.29 is 17.9 Å². The zero-order chi connectivity index (χ0) is 19.6. The molecule has 1 atom stereocenters. The van der Waals surface area contributed by atoms with E-state index in [9.17, 15) is 13.2 Å². The fourth-order valence-electron chi connectivity index (χ4n) is 2.84. The lowest BCUT2D eigenvalue weighted by Gasteiger charge is -2.39. The van der Waals surface area contributed by atoms with Gasteiger partial charge in [0.2, 0.25) is 0 Å². The number of hydrogen-bond acceptors (Lipinski definition) is 4. The topological polar surface area (TPSA) is 43.3 Å². The van der Waals surface area contributed by atoms with Crippen molar-refractivity contribution in [3.8, 4) is 0 Å². The number of methoxy groups -OCH3 is 1. The Balaban J connectivity index is 0.00000676. The van der Waals surface area contributed by atoms with Crippen LogP contribution in [0.4, 0.5) is 13.2 Å². The van der Waals surface area contributed by atoms with Crippen LogP contribution in [0.5, 0.6) is 0 Å². The molecule has 6 nitrogen and oxygen atoms in total. The van der Waals surface area contributed by atoms with Crippen molar-refractivity contribution in [2.24, 2.45) is 4.99 Å². The monoisotopic (exact) mass is 509 g/mol. The van der Waals surface area contributed by atoms with Crippen LogP contribution in [0, 0.1) is 0 Å². The second kappa shape index (κ2) is 13.8. The molecule has 0 aromatic rings. The van der Waals surface area contributed by atoms with Crippen LogP contribution in [-0.2, 0) is 4.74 Å². The van der Waals surface area contributed by atoms with Gasteiger partial charge in [0.05, 0.1) is 6.61 Å². The molecular formula is C17H35F3IN5O. The number of aliphatic imine (C=N–C) groups is 1. The largest absolute Gasteiger partial charge is 0.403 e. The van der Waals surface area contributed by atoms with Gasteiger partial charge in [-0.1, -0.05) is 0 Å². The molecule has 0 spiro atoms. The number of nitrogens with one attached hydrogen (secondary N) is 1. The van der Waals surface area contributed by atoms with Gasteiger partial charge in [0, 0.05) is 52.9 Å². The number of likely N-dealkylation sites (N-methyl/N-ethyl adjacent to an activating group) is 1. The number of nitrogens with zero attached hydrogens (tertiary/aromatic N) is 4. The third kappa shape index (κ3) is 10.1. The van der Waals surface area contributed by atoms with Crippen molar-refractivity contribution in [1.82, 2.24) is 20.0 Å². The first-order chi connectivity index (χ1) is 12.3. The Labute approximate surface area is 178 Å². The van der Waals surface area contributed by atoms with E-state index in [0.29, 0.717) is 39.3 Å². The standard InChI is InChI=1S/C17H34F3N5O.HI/c1-5-21-16(22-7-6-8-23(3)13-14-26-4)25-11-9-24(10-12-25)15(2)17(18,19)20;/h15H,5-14H2,1-4H3,(H,21,22);1H. The average molecular weight is 509 g/mol. The third-order valence-corrected chi connectivity index (χ3v) is 4.61. The molecule has 1 fully saturated rings. The average Bonchev–Trinajstić information content (AvgIpc) is 2.61. The van der Waals surface area contributed by atoms with Crippen molar-refractivity contribution in [1.29, 1.82) is 0 Å². The highest BCUT2D eigenvalue weighted by molar-refractivity contribution is 14.0. The second-order valence-electron chi connectivity index (χ2n) is 6.63. The minimum Gasteiger partial charge on any atom is -0.383 e. The lowest BCUT2D eigenvalue weighted by atomic mass is 10.2. The van der Waals surface area contributed by atoms with Gasteiger partial charge in [0.25, 0.3) is 0 Å². The van der Waals surface area contributed by atoms with E-state index in [1.807, 2.05) is 6.92 Å². The van der Waals surface area contributed by atoms with Crippen molar-refractivity contribution in [2.45, 2.75) is 32.5 Å². The maximum atomic E-state index is 12.9. The molecule has 1 unspecified atom stereocenters. The second-order valence-corrected chi connectivity index (χ2v) is 6.63. The minimum atomic E-state index is -4.17. The Morgan fingerprint density at radius 2 is 1.85 bits per heavy atom. The number of rotatable bonds is 9. The lowest BCUT2D eigenvalue weighted by molar-refractivity contribution is -0.181. The molecule has 27 heavy (non-hydrogen) atoms. The normalized spacial score (nSPS) is 17.8. The van der Waals surface area contributed by atoms with Crippen LogP contribution in [-0.4, -0.2) is 106 Å². The Kier molecular flexibility index (Phi) is 13.6. The molecule has 0 radical (unpaired) electrons. The van der Waals surface area contributed by atoms with Crippen LogP contribution < -0.4 is 5.32 Å². The lowest BCUT2D eigenvalue weighted by Crippen LogP contribution is -2.56. The zero-order valence-corrected chi connectivity index (χ0v) is 19.2. The van der Waals surface area contributed by atoms with Crippen LogP contribution in [0.2, 0.25) is 0 Å². The van der Waals surface area contributed by atoms with Gasteiger partial charge in [0.15, 0.2) is 5.96 Å². The molecule has 1 aliphatic rings. The van der Waals surface area contributed by atoms with E-state index < -0.39 is 12.2 Å². The van der Waals surface area contributed by atoms with Gasteiger partial charge in [-0.25, -0.2) is 0 Å². The first-order valence-electron chi connectivity index (χ1n) is 9.31. The van der Waals surface area contributed by atoms with Gasteiger partial charge in [-0.05, 0) is 33.9 Å². The predicted molar refractivity (Wildman–Crippen MR) is 114 cm³/mol. The van der Waals surface area contributed by atoms with Gasteiger partial charge in [-0.2, -0.15) is 13.2 Å². The first kappa shape index (κ1) is 26.7. The SMILES string of the molecule is CCNC(=NCCCN(C)CCOC)N1CCN(C(C)C(F)(F)F)CC1.I. The van der Waals surface area contributed by atoms with Gasteiger partial charge >= 0.3 is 6.18 Å². The summed E-state index contributed by atoms with van der Waals surface area (Å²) in [5.74, 6) is 0.798. The van der Waals surface area contributed by atoms with Crippen LogP contribution in [0.25, 0.3) is 0 Å². The third-order valence-electron chi connectivity index (χ3n) is 4.61. The predicted octanol–water partition coefficient (Wildman–Crippen LogP) is 2.11. The maximum absolute atomic E-state index is 12.9. The number of hydrogen-bond donors (Lipinski definition) is 1. The number of alkyl halides is 3. The van der Waals surface area contributed by atoms with E-state index >= 15 is 0 Å². The van der Waals surface area contributed by atoms with Crippen LogP contribution >= 0.6 is 24.0 Å². The Morgan fingerprint density at radius 3 is 2.37 bits per heavy atom. The number of guanidine groups is 1. The fraction of sp³-hybridized carbons (Fsp3) is 0.941. The Morgan fingerprint density at radius 1 is 1.22 bits per heavy atom. The summed E-state index contributed by atoms with van der Waals surface area (Å²) in [6.07, 6.45) is -3.24. The highest BCUT2D eigenvalue weighted by atomic mass is 127. The van der Waals surface area contributed by atoms with E-state index in [-0.39, 0.29) is 24.0 Å². The summed E-state index contributed by atoms with van der Waals surface area (Å²) in [5.41, 5.74) is 0. The maximum Gasteiger partial charge on any atom is 0.403 e. The van der Waals surface area contributed by atoms with E-state index in [0.717, 1.165) is 32.0 Å². The molecule has 0 aromatic heterocycles. The van der Waals surface area contributed by atoms with Gasteiger partial charge in [-0.15, -0.1) is 24.0 Å². The van der Waals surface area contributed by atoms with Crippen molar-refractivity contribution in [3.63, 3.8) is 0 Å². The quantitative estimate of drug-likeness (QED) is 0.223. The Hall–Kier alpha value is -0.330. The van der Waals surface area contributed by atoms with Gasteiger partial charge < -0.3 is 19.9 Å². The van der Waals surface area contributed by atoms with Crippen LogP contribution in [0.3, 0.4) is 0 Å². The molecule has 1 rings (SSSR count). The highest BCUT2D eigenvalue weighted by Crippen LogP contribution is 2.25. The van der Waals surface area contributed by atoms with E-state index in [2.05, 4.69) is 27.2 Å². The summed E-state index contributed by atoms with van der Waals surface area (Å²) >= 11 is 0. The molecule has 0 amide bonds. The molecule has 0 bridgehead atoms. The Bertz CT molecular complexity index is 418. The van der Waals surface area contributed by atoms with Crippen molar-refractivity contribution in [2.75, 3.05) is 73.1 Å². The van der Waals surface area contributed by atoms with Crippen molar-refractivity contribution >= 4 is 29.9 Å². The zero-order valence-electron chi connectivity index (χ0n) is 16.9. The van der Waals surface area contributed by atoms with Crippen LogP contribution in [0.15, 0.2) is 4.99 Å². The van der Waals surface area contributed by atoms with E-state index in [1.54, 1.807) is 7.11 Å². The summed E-state index contributed by atoms with van der Waals surface area (Å²) in [6.45, 7) is 9.09. The molecule has 0 aliphatic carbocycles. The van der Waals surface area contributed by atoms with E-state index in [1.165, 1.54) is 11.8 Å². The molecular weight excluding hydrogens is 474 g/mol. The molecule has 1 N–H and O–H groups in total. The molecule has 0 aromatic carbocycles. The van der Waals surface area contributed by atoms with Gasteiger partial charge in [0.1, 0.15) is 6.04 Å². The molecule has 1 saturated heterocycles.